The molecule has 156 valence electrons. The van der Waals surface area contributed by atoms with Gasteiger partial charge in [-0.05, 0) is 56.5 Å². The highest BCUT2D eigenvalue weighted by Crippen LogP contribution is 2.12. The molecule has 0 radical (unpaired) electrons. The van der Waals surface area contributed by atoms with Crippen LogP contribution in [-0.2, 0) is 16.0 Å². The van der Waals surface area contributed by atoms with Crippen LogP contribution >= 0.6 is 0 Å². The molecule has 2 aromatic rings. The maximum Gasteiger partial charge on any atom is 0.261 e. The molecule has 0 bridgehead atoms. The topological polar surface area (TPSA) is 58.6 Å². The van der Waals surface area contributed by atoms with Gasteiger partial charge >= 0.3 is 0 Å². The van der Waals surface area contributed by atoms with Crippen LogP contribution in [0.15, 0.2) is 54.6 Å². The molecule has 0 aromatic heterocycles. The zero-order valence-electron chi connectivity index (χ0n) is 17.2. The van der Waals surface area contributed by atoms with Crippen molar-refractivity contribution in [2.45, 2.75) is 45.7 Å². The van der Waals surface area contributed by atoms with Crippen LogP contribution in [0.4, 0.5) is 4.39 Å². The first kappa shape index (κ1) is 22.4. The summed E-state index contributed by atoms with van der Waals surface area (Å²) in [5.74, 6) is -0.456. The minimum atomic E-state index is -0.628. The van der Waals surface area contributed by atoms with E-state index in [1.165, 1.54) is 29.2 Å². The van der Waals surface area contributed by atoms with Crippen molar-refractivity contribution < 1.29 is 18.7 Å². The molecule has 6 heteroatoms. The molecule has 0 fully saturated rings. The fourth-order valence-electron chi connectivity index (χ4n) is 2.79. The number of halogens is 1. The molecule has 0 saturated heterocycles. The molecule has 1 N–H and O–H groups in total. The van der Waals surface area contributed by atoms with E-state index in [0.717, 1.165) is 12.0 Å². The minimum Gasteiger partial charge on any atom is -0.484 e. The predicted octanol–water partition coefficient (Wildman–Crippen LogP) is 3.58. The molecule has 29 heavy (non-hydrogen) atoms. The van der Waals surface area contributed by atoms with E-state index in [1.54, 1.807) is 6.92 Å². The summed E-state index contributed by atoms with van der Waals surface area (Å²) in [6, 6.07) is 14.7. The maximum atomic E-state index is 13.0. The molecule has 2 atom stereocenters. The third-order valence-electron chi connectivity index (χ3n) is 4.83. The first-order chi connectivity index (χ1) is 13.9. The molecule has 0 spiro atoms. The van der Waals surface area contributed by atoms with Crippen molar-refractivity contribution in [1.82, 2.24) is 10.2 Å². The number of nitrogens with zero attached hydrogens (tertiary/aromatic N) is 1. The summed E-state index contributed by atoms with van der Waals surface area (Å²) < 4.78 is 18.5. The third-order valence-corrected chi connectivity index (χ3v) is 4.83. The van der Waals surface area contributed by atoms with E-state index < -0.39 is 6.04 Å². The fraction of sp³-hybridized carbons (Fsp3) is 0.391. The Kier molecular flexibility index (Phi) is 8.65. The van der Waals surface area contributed by atoms with Crippen LogP contribution in [0.25, 0.3) is 0 Å². The highest BCUT2D eigenvalue weighted by molar-refractivity contribution is 5.88. The number of benzene rings is 2. The molecular weight excluding hydrogens is 371 g/mol. The van der Waals surface area contributed by atoms with Crippen molar-refractivity contribution in [1.29, 1.82) is 0 Å². The first-order valence-electron chi connectivity index (χ1n) is 9.92. The molecule has 0 aliphatic rings. The van der Waals surface area contributed by atoms with E-state index >= 15 is 0 Å². The van der Waals surface area contributed by atoms with Crippen molar-refractivity contribution in [3.05, 3.63) is 66.0 Å². The SMILES string of the molecule is CC[C@@H](C)NC(=O)[C@H](C)N(CCc1ccccc1)C(=O)COc1ccc(F)cc1. The smallest absolute Gasteiger partial charge is 0.261 e. The lowest BCUT2D eigenvalue weighted by molar-refractivity contribution is -0.141. The van der Waals surface area contributed by atoms with Crippen molar-refractivity contribution in [3.63, 3.8) is 0 Å². The van der Waals surface area contributed by atoms with Gasteiger partial charge in [0.1, 0.15) is 17.6 Å². The summed E-state index contributed by atoms with van der Waals surface area (Å²) in [5, 5.41) is 2.93. The molecule has 2 aromatic carbocycles. The van der Waals surface area contributed by atoms with E-state index in [4.69, 9.17) is 4.74 Å². The second-order valence-electron chi connectivity index (χ2n) is 7.06. The number of nitrogens with one attached hydrogen (secondary N) is 1. The summed E-state index contributed by atoms with van der Waals surface area (Å²) >= 11 is 0. The van der Waals surface area contributed by atoms with E-state index in [0.29, 0.717) is 18.7 Å². The lowest BCUT2D eigenvalue weighted by Gasteiger charge is -2.29. The van der Waals surface area contributed by atoms with Gasteiger partial charge in [-0.3, -0.25) is 9.59 Å². The molecule has 5 nitrogen and oxygen atoms in total. The van der Waals surface area contributed by atoms with E-state index in [-0.39, 0.29) is 30.3 Å². The largest absolute Gasteiger partial charge is 0.484 e. The molecule has 0 saturated carbocycles. The van der Waals surface area contributed by atoms with Crippen LogP contribution in [0.2, 0.25) is 0 Å². The summed E-state index contributed by atoms with van der Waals surface area (Å²) in [6.45, 7) is 5.81. The van der Waals surface area contributed by atoms with E-state index in [2.05, 4.69) is 5.32 Å². The summed E-state index contributed by atoms with van der Waals surface area (Å²) in [5.41, 5.74) is 1.08. The quantitative estimate of drug-likeness (QED) is 0.663. The molecule has 0 aliphatic carbocycles. The number of amides is 2. The minimum absolute atomic E-state index is 0.0338. The van der Waals surface area contributed by atoms with Gasteiger partial charge in [-0.1, -0.05) is 37.3 Å². The van der Waals surface area contributed by atoms with Gasteiger partial charge in [0.15, 0.2) is 6.61 Å². The van der Waals surface area contributed by atoms with Crippen LogP contribution in [0.3, 0.4) is 0 Å². The highest BCUT2D eigenvalue weighted by Gasteiger charge is 2.26. The van der Waals surface area contributed by atoms with Gasteiger partial charge in [0, 0.05) is 12.6 Å². The van der Waals surface area contributed by atoms with Gasteiger partial charge in [-0.25, -0.2) is 4.39 Å². The second kappa shape index (κ2) is 11.2. The van der Waals surface area contributed by atoms with Crippen LogP contribution in [0.1, 0.15) is 32.8 Å². The van der Waals surface area contributed by atoms with Gasteiger partial charge in [0.05, 0.1) is 0 Å². The molecule has 0 unspecified atom stereocenters. The van der Waals surface area contributed by atoms with Gasteiger partial charge < -0.3 is 15.0 Å². The number of hydrogen-bond acceptors (Lipinski definition) is 3. The standard InChI is InChI=1S/C23H29FN2O3/c1-4-17(2)25-23(28)18(3)26(15-14-19-8-6-5-7-9-19)22(27)16-29-21-12-10-20(24)11-13-21/h5-13,17-18H,4,14-16H2,1-3H3,(H,25,28)/t17-,18+/m1/s1. The number of hydrogen-bond donors (Lipinski definition) is 1. The van der Waals surface area contributed by atoms with Crippen molar-refractivity contribution in [2.24, 2.45) is 0 Å². The lowest BCUT2D eigenvalue weighted by Crippen LogP contribution is -2.51. The predicted molar refractivity (Wildman–Crippen MR) is 111 cm³/mol. The lowest BCUT2D eigenvalue weighted by atomic mass is 10.1. The molecular formula is C23H29FN2O3. The Labute approximate surface area is 171 Å². The van der Waals surface area contributed by atoms with Crippen LogP contribution < -0.4 is 10.1 Å². The Morgan fingerprint density at radius 1 is 1.07 bits per heavy atom. The number of carbonyl (C=O) groups is 2. The van der Waals surface area contributed by atoms with E-state index in [9.17, 15) is 14.0 Å². The average molecular weight is 400 g/mol. The maximum absolute atomic E-state index is 13.0. The number of rotatable bonds is 10. The fourth-order valence-corrected chi connectivity index (χ4v) is 2.79. The average Bonchev–Trinajstić information content (AvgIpc) is 2.73. The monoisotopic (exact) mass is 400 g/mol. The van der Waals surface area contributed by atoms with Crippen molar-refractivity contribution in [2.75, 3.05) is 13.2 Å². The van der Waals surface area contributed by atoms with Crippen LogP contribution in [-0.4, -0.2) is 41.9 Å². The molecule has 2 amide bonds. The van der Waals surface area contributed by atoms with Crippen molar-refractivity contribution >= 4 is 11.8 Å². The normalized spacial score (nSPS) is 12.7. The van der Waals surface area contributed by atoms with Gasteiger partial charge in [-0.2, -0.15) is 0 Å². The van der Waals surface area contributed by atoms with Crippen LogP contribution in [0.5, 0.6) is 5.75 Å². The molecule has 0 aliphatic heterocycles. The van der Waals surface area contributed by atoms with E-state index in [1.807, 2.05) is 44.2 Å². The Morgan fingerprint density at radius 3 is 2.34 bits per heavy atom. The Balaban J connectivity index is 2.05. The Bertz CT molecular complexity index is 780. The Hall–Kier alpha value is -2.89. The number of carbonyl (C=O) groups excluding carboxylic acids is 2. The summed E-state index contributed by atoms with van der Waals surface area (Å²) in [4.78, 5) is 27.0. The van der Waals surface area contributed by atoms with Gasteiger partial charge in [0.25, 0.3) is 5.91 Å². The second-order valence-corrected chi connectivity index (χ2v) is 7.06. The van der Waals surface area contributed by atoms with Crippen LogP contribution in [0, 0.1) is 5.82 Å². The highest BCUT2D eigenvalue weighted by atomic mass is 19.1. The van der Waals surface area contributed by atoms with Gasteiger partial charge in [-0.15, -0.1) is 0 Å². The Morgan fingerprint density at radius 2 is 1.72 bits per heavy atom. The summed E-state index contributed by atoms with van der Waals surface area (Å²) in [7, 11) is 0. The zero-order chi connectivity index (χ0) is 21.2. The van der Waals surface area contributed by atoms with Crippen molar-refractivity contribution in [3.8, 4) is 5.75 Å². The summed E-state index contributed by atoms with van der Waals surface area (Å²) in [6.07, 6.45) is 1.44. The molecule has 2 rings (SSSR count). The third kappa shape index (κ3) is 7.22. The first-order valence-corrected chi connectivity index (χ1v) is 9.92. The van der Waals surface area contributed by atoms with Gasteiger partial charge in [0.2, 0.25) is 5.91 Å². The zero-order valence-corrected chi connectivity index (χ0v) is 17.2. The molecule has 0 heterocycles. The number of ether oxygens (including phenoxy) is 1.